The molecule has 0 amide bonds. The number of methoxy groups -OCH3 is 1. The Bertz CT molecular complexity index is 2710. The van der Waals surface area contributed by atoms with Crippen LogP contribution in [0.2, 0.25) is 0 Å². The Labute approximate surface area is 327 Å². The molecule has 264 valence electrons. The number of rotatable bonds is 8. The third kappa shape index (κ3) is 6.18. The van der Waals surface area contributed by atoms with E-state index < -0.39 is 0 Å². The first-order valence-electron chi connectivity index (χ1n) is 17.5. The Morgan fingerprint density at radius 1 is 0.611 bits per heavy atom. The molecule has 0 bridgehead atoms. The van der Waals surface area contributed by atoms with Crippen LogP contribution in [-0.4, -0.2) is 26.4 Å². The summed E-state index contributed by atoms with van der Waals surface area (Å²) < 4.78 is 16.1. The summed E-state index contributed by atoms with van der Waals surface area (Å²) in [6, 6.07) is 56.6. The van der Waals surface area contributed by atoms with E-state index in [4.69, 9.17) is 14.6 Å². The van der Waals surface area contributed by atoms with E-state index >= 15 is 0 Å². The van der Waals surface area contributed by atoms with Crippen LogP contribution in [0, 0.1) is 26.0 Å². The van der Waals surface area contributed by atoms with Crippen molar-refractivity contribution in [2.24, 2.45) is 0 Å². The molecule has 0 spiro atoms. The Hall–Kier alpha value is -6.26. The van der Waals surface area contributed by atoms with Gasteiger partial charge in [0.1, 0.15) is 11.6 Å². The Morgan fingerprint density at radius 3 is 2.00 bits per heavy atom. The summed E-state index contributed by atoms with van der Waals surface area (Å²) in [6.45, 7) is 4.20. The maximum atomic E-state index is 6.49. The van der Waals surface area contributed by atoms with Crippen molar-refractivity contribution in [3.63, 3.8) is 0 Å². The molecule has 0 aliphatic rings. The van der Waals surface area contributed by atoms with E-state index in [2.05, 4.69) is 133 Å². The maximum absolute atomic E-state index is 6.49. The summed E-state index contributed by atoms with van der Waals surface area (Å²) in [5.41, 5.74) is 11.5. The number of pyridine rings is 1. The van der Waals surface area contributed by atoms with E-state index in [0.717, 1.165) is 83.8 Å². The normalized spacial score (nSPS) is 11.1. The van der Waals surface area contributed by atoms with Gasteiger partial charge in [-0.25, -0.2) is 4.98 Å². The molecule has 0 saturated carbocycles. The molecule has 0 N–H and O–H groups in total. The van der Waals surface area contributed by atoms with E-state index in [1.54, 1.807) is 13.3 Å². The van der Waals surface area contributed by atoms with Crippen LogP contribution >= 0.6 is 0 Å². The fourth-order valence-corrected chi connectivity index (χ4v) is 7.34. The molecule has 3 aromatic heterocycles. The largest absolute Gasteiger partial charge is 2.00 e. The van der Waals surface area contributed by atoms with Crippen molar-refractivity contribution < 1.29 is 29.9 Å². The molecule has 0 fully saturated rings. The minimum Gasteiger partial charge on any atom is -0.509 e. The van der Waals surface area contributed by atoms with Crippen molar-refractivity contribution in [3.8, 4) is 62.1 Å². The van der Waals surface area contributed by atoms with Crippen LogP contribution < -0.4 is 9.47 Å². The van der Waals surface area contributed by atoms with Crippen LogP contribution in [0.25, 0.3) is 66.7 Å². The van der Waals surface area contributed by atoms with Crippen LogP contribution in [0.5, 0.6) is 17.2 Å². The van der Waals surface area contributed by atoms with Crippen molar-refractivity contribution in [2.75, 3.05) is 7.11 Å². The van der Waals surface area contributed by atoms with Crippen molar-refractivity contribution in [3.05, 3.63) is 175 Å². The average Bonchev–Trinajstić information content (AvgIpc) is 3.70. The van der Waals surface area contributed by atoms with Gasteiger partial charge in [-0.3, -0.25) is 4.68 Å². The smallest absolute Gasteiger partial charge is 0.509 e. The van der Waals surface area contributed by atoms with Crippen LogP contribution in [0.1, 0.15) is 11.4 Å². The minimum absolute atomic E-state index is 0. The average molecular weight is 793 g/mol. The maximum Gasteiger partial charge on any atom is 2.00 e. The molecule has 7 heteroatoms. The summed E-state index contributed by atoms with van der Waals surface area (Å²) in [4.78, 5) is 4.68. The summed E-state index contributed by atoms with van der Waals surface area (Å²) in [7, 11) is 1.66. The molecular weight excluding hydrogens is 759 g/mol. The molecule has 3 heterocycles. The standard InChI is InChI=1S/C47H34N4O2.Pd/c1-31-46(47-39(33-14-6-4-7-15-33)21-13-22-40(47)34-16-8-5-9-17-34)32(2)51(49-31)35-18-12-19-37(28-35)53-38-24-25-42-41-20-10-11-23-43(41)50(44(42)29-38)45-30-36(52-3)26-27-48-45;/h4-27,30H,1-3H3;/q-2;+2. The molecular formula is C47H34N4O2Pd. The first-order chi connectivity index (χ1) is 26.1. The van der Waals surface area contributed by atoms with Crippen molar-refractivity contribution in [1.29, 1.82) is 0 Å². The SMILES string of the molecule is COc1ccnc(-n2c3[c-]c(Oc4[c-]c(-n5nc(C)c(-c6c(-c7ccccc7)cccc6-c6ccccc6)c5C)ccc4)ccc3c3ccccc32)c1.[Pd+2]. The Kier molecular flexibility index (Phi) is 9.43. The number of fused-ring (bicyclic) bond motifs is 3. The summed E-state index contributed by atoms with van der Waals surface area (Å²) in [6.07, 6.45) is 1.75. The fraction of sp³-hybridized carbons (Fsp3) is 0.0638. The molecule has 9 rings (SSSR count). The van der Waals surface area contributed by atoms with E-state index in [1.165, 1.54) is 0 Å². The third-order valence-electron chi connectivity index (χ3n) is 9.72. The number of hydrogen-bond acceptors (Lipinski definition) is 4. The van der Waals surface area contributed by atoms with Crippen molar-refractivity contribution in [2.45, 2.75) is 13.8 Å². The summed E-state index contributed by atoms with van der Waals surface area (Å²) >= 11 is 0. The van der Waals surface area contributed by atoms with Gasteiger partial charge in [0.25, 0.3) is 0 Å². The molecule has 0 atom stereocenters. The number of para-hydroxylation sites is 1. The number of aryl methyl sites for hydroxylation is 1. The van der Waals surface area contributed by atoms with Crippen molar-refractivity contribution >= 4 is 21.8 Å². The molecule has 0 aliphatic heterocycles. The molecule has 9 aromatic rings. The number of nitrogens with zero attached hydrogens (tertiary/aromatic N) is 4. The predicted molar refractivity (Wildman–Crippen MR) is 212 cm³/mol. The van der Waals surface area contributed by atoms with E-state index in [-0.39, 0.29) is 20.4 Å². The van der Waals surface area contributed by atoms with Gasteiger partial charge in [-0.15, -0.1) is 35.7 Å². The topological polar surface area (TPSA) is 54.1 Å². The molecule has 6 aromatic carbocycles. The van der Waals surface area contributed by atoms with E-state index in [1.807, 2.05) is 53.2 Å². The second-order valence-electron chi connectivity index (χ2n) is 12.9. The zero-order valence-electron chi connectivity index (χ0n) is 29.9. The monoisotopic (exact) mass is 792 g/mol. The number of ether oxygens (including phenoxy) is 2. The van der Waals surface area contributed by atoms with Gasteiger partial charge in [-0.2, -0.15) is 17.2 Å². The van der Waals surface area contributed by atoms with Gasteiger partial charge >= 0.3 is 20.4 Å². The Morgan fingerprint density at radius 2 is 1.28 bits per heavy atom. The van der Waals surface area contributed by atoms with Crippen molar-refractivity contribution in [1.82, 2.24) is 19.3 Å². The van der Waals surface area contributed by atoms with Crippen LogP contribution in [0.15, 0.2) is 152 Å². The molecule has 6 nitrogen and oxygen atoms in total. The van der Waals surface area contributed by atoms with Gasteiger partial charge < -0.3 is 14.0 Å². The molecule has 0 unspecified atom stereocenters. The van der Waals surface area contributed by atoms with Gasteiger partial charge in [0.05, 0.1) is 12.8 Å². The molecule has 0 saturated heterocycles. The first-order valence-corrected chi connectivity index (χ1v) is 17.5. The van der Waals surface area contributed by atoms with Gasteiger partial charge in [0.15, 0.2) is 0 Å². The summed E-state index contributed by atoms with van der Waals surface area (Å²) in [5, 5.41) is 7.26. The van der Waals surface area contributed by atoms with Gasteiger partial charge in [-0.05, 0) is 59.3 Å². The van der Waals surface area contributed by atoms with E-state index in [9.17, 15) is 0 Å². The molecule has 54 heavy (non-hydrogen) atoms. The predicted octanol–water partition coefficient (Wildman–Crippen LogP) is 11.4. The summed E-state index contributed by atoms with van der Waals surface area (Å²) in [5.74, 6) is 2.59. The zero-order chi connectivity index (χ0) is 35.9. The van der Waals surface area contributed by atoms with Crippen LogP contribution in [0.3, 0.4) is 0 Å². The second kappa shape index (κ2) is 14.6. The van der Waals surface area contributed by atoms with E-state index in [0.29, 0.717) is 11.5 Å². The number of benzene rings is 6. The van der Waals surface area contributed by atoms with Gasteiger partial charge in [0.2, 0.25) is 0 Å². The van der Waals surface area contributed by atoms with Gasteiger partial charge in [0, 0.05) is 46.1 Å². The Balaban J connectivity index is 0.00000413. The third-order valence-corrected chi connectivity index (χ3v) is 9.72. The first kappa shape index (κ1) is 34.8. The zero-order valence-corrected chi connectivity index (χ0v) is 31.4. The number of hydrogen-bond donors (Lipinski definition) is 0. The fourth-order valence-electron chi connectivity index (χ4n) is 7.34. The van der Waals surface area contributed by atoms with Crippen LogP contribution in [0.4, 0.5) is 0 Å². The van der Waals surface area contributed by atoms with Crippen LogP contribution in [-0.2, 0) is 20.4 Å². The number of aromatic nitrogens is 4. The minimum atomic E-state index is 0. The molecule has 0 aliphatic carbocycles. The molecule has 0 radical (unpaired) electrons. The van der Waals surface area contributed by atoms with Gasteiger partial charge in [-0.1, -0.05) is 103 Å². The quantitative estimate of drug-likeness (QED) is 0.114. The second-order valence-corrected chi connectivity index (χ2v) is 12.9.